The average Bonchev–Trinajstić information content (AvgIpc) is 3.02. The molecule has 3 heterocycles. The van der Waals surface area contributed by atoms with Gasteiger partial charge in [0, 0.05) is 32.5 Å². The number of hydrogen-bond acceptors (Lipinski definition) is 5. The third kappa shape index (κ3) is 2.65. The Bertz CT molecular complexity index is 498. The Hall–Kier alpha value is -1.58. The van der Waals surface area contributed by atoms with Gasteiger partial charge in [-0.2, -0.15) is 5.26 Å². The van der Waals surface area contributed by atoms with Gasteiger partial charge in [-0.05, 0) is 19.3 Å². The molecule has 0 aromatic carbocycles. The largest absolute Gasteiger partial charge is 0.373 e. The van der Waals surface area contributed by atoms with Crippen molar-refractivity contribution in [1.29, 1.82) is 5.26 Å². The highest BCUT2D eigenvalue weighted by Gasteiger charge is 2.42. The van der Waals surface area contributed by atoms with Crippen molar-refractivity contribution in [2.45, 2.75) is 30.9 Å². The number of likely N-dealkylation sites (tertiary alicyclic amines) is 1. The monoisotopic (exact) mass is 275 g/mol. The number of nitrogens with one attached hydrogen (secondary N) is 1. The third-order valence-electron chi connectivity index (χ3n) is 4.43. The zero-order valence-electron chi connectivity index (χ0n) is 11.9. The molecule has 0 aliphatic carbocycles. The van der Waals surface area contributed by atoms with E-state index in [1.54, 1.807) is 6.20 Å². The molecule has 2 saturated heterocycles. The zero-order chi connectivity index (χ0) is 14.0. The summed E-state index contributed by atoms with van der Waals surface area (Å²) in [6, 6.07) is 2.55. The fourth-order valence-corrected chi connectivity index (χ4v) is 3.19. The highest BCUT2D eigenvalue weighted by Crippen LogP contribution is 2.36. The molecule has 3 rings (SSSR count). The van der Waals surface area contributed by atoms with Gasteiger partial charge in [-0.25, -0.2) is 4.98 Å². The first kappa shape index (κ1) is 13.4. The number of nitriles is 1. The quantitative estimate of drug-likeness (QED) is 0.833. The Morgan fingerprint density at radius 1 is 1.55 bits per heavy atom. The molecule has 1 spiro atoms. The predicted molar refractivity (Wildman–Crippen MR) is 75.2 cm³/mol. The molecule has 1 aromatic rings. The number of aryl methyl sites for hydroxylation is 1. The van der Waals surface area contributed by atoms with Gasteiger partial charge in [-0.1, -0.05) is 0 Å². The van der Waals surface area contributed by atoms with Crippen LogP contribution in [-0.2, 0) is 11.8 Å². The lowest BCUT2D eigenvalue weighted by molar-refractivity contribution is -0.0412. The molecule has 0 saturated carbocycles. The maximum absolute atomic E-state index is 8.74. The van der Waals surface area contributed by atoms with E-state index in [-0.39, 0.29) is 5.60 Å². The first-order valence-corrected chi connectivity index (χ1v) is 7.18. The van der Waals surface area contributed by atoms with E-state index in [4.69, 9.17) is 10.00 Å². The second kappa shape index (κ2) is 5.43. The summed E-state index contributed by atoms with van der Waals surface area (Å²) in [5.41, 5.74) is 0.00872. The number of ether oxygens (including phenoxy) is 1. The van der Waals surface area contributed by atoms with Crippen LogP contribution in [0.15, 0.2) is 12.4 Å². The summed E-state index contributed by atoms with van der Waals surface area (Å²) in [5.74, 6) is 0.901. The first-order chi connectivity index (χ1) is 9.71. The first-order valence-electron chi connectivity index (χ1n) is 7.18. The molecule has 1 atom stereocenters. The minimum atomic E-state index is 0.00872. The van der Waals surface area contributed by atoms with Crippen LogP contribution in [0.5, 0.6) is 0 Å². The maximum Gasteiger partial charge on any atom is 0.202 e. The summed E-state index contributed by atoms with van der Waals surface area (Å²) >= 11 is 0. The third-order valence-corrected chi connectivity index (χ3v) is 4.43. The molecule has 2 aliphatic heterocycles. The molecular weight excluding hydrogens is 254 g/mol. The molecule has 2 fully saturated rings. The van der Waals surface area contributed by atoms with E-state index in [0.29, 0.717) is 12.6 Å². The van der Waals surface area contributed by atoms with E-state index in [0.717, 1.165) is 44.9 Å². The SMILES string of the molecule is Cn1ccnc1N[C@H]1COC2(CCN(CC#N)CC2)C1. The van der Waals surface area contributed by atoms with Gasteiger partial charge in [0.2, 0.25) is 5.95 Å². The van der Waals surface area contributed by atoms with Gasteiger partial charge in [0.1, 0.15) is 0 Å². The molecule has 2 aliphatic rings. The van der Waals surface area contributed by atoms with E-state index in [9.17, 15) is 0 Å². The van der Waals surface area contributed by atoms with Crippen molar-refractivity contribution in [1.82, 2.24) is 14.5 Å². The lowest BCUT2D eigenvalue weighted by Gasteiger charge is -2.37. The number of imidazole rings is 1. The summed E-state index contributed by atoms with van der Waals surface area (Å²) < 4.78 is 8.09. The summed E-state index contributed by atoms with van der Waals surface area (Å²) in [4.78, 5) is 6.50. The minimum absolute atomic E-state index is 0.00872. The molecule has 0 unspecified atom stereocenters. The topological polar surface area (TPSA) is 66.1 Å². The van der Waals surface area contributed by atoms with Crippen molar-refractivity contribution in [3.63, 3.8) is 0 Å². The van der Waals surface area contributed by atoms with Crippen molar-refractivity contribution >= 4 is 5.95 Å². The van der Waals surface area contributed by atoms with Crippen molar-refractivity contribution < 1.29 is 4.74 Å². The summed E-state index contributed by atoms with van der Waals surface area (Å²) in [6.07, 6.45) is 6.81. The summed E-state index contributed by atoms with van der Waals surface area (Å²) in [6.45, 7) is 3.20. The number of aromatic nitrogens is 2. The summed E-state index contributed by atoms with van der Waals surface area (Å²) in [5, 5.41) is 12.2. The number of rotatable bonds is 3. The van der Waals surface area contributed by atoms with E-state index < -0.39 is 0 Å². The van der Waals surface area contributed by atoms with Gasteiger partial charge < -0.3 is 14.6 Å². The van der Waals surface area contributed by atoms with E-state index >= 15 is 0 Å². The maximum atomic E-state index is 8.74. The molecule has 0 amide bonds. The van der Waals surface area contributed by atoms with Crippen LogP contribution >= 0.6 is 0 Å². The van der Waals surface area contributed by atoms with Crippen LogP contribution in [0.25, 0.3) is 0 Å². The summed E-state index contributed by atoms with van der Waals surface area (Å²) in [7, 11) is 1.99. The van der Waals surface area contributed by atoms with E-state index in [2.05, 4.69) is 21.3 Å². The Labute approximate surface area is 119 Å². The standard InChI is InChI=1S/C14H21N5O/c1-18-9-5-16-13(18)17-12-10-14(20-11-12)2-6-19(7-3-14)8-4-15/h5,9,12H,2-3,6-8,10-11H2,1H3,(H,16,17)/t12-/m1/s1. The lowest BCUT2D eigenvalue weighted by Crippen LogP contribution is -2.44. The van der Waals surface area contributed by atoms with Crippen LogP contribution in [0.4, 0.5) is 5.95 Å². The molecule has 1 N–H and O–H groups in total. The van der Waals surface area contributed by atoms with Crippen LogP contribution in [0.1, 0.15) is 19.3 Å². The molecule has 0 bridgehead atoms. The second-order valence-corrected chi connectivity index (χ2v) is 5.84. The number of piperidine rings is 1. The number of hydrogen-bond donors (Lipinski definition) is 1. The fraction of sp³-hybridized carbons (Fsp3) is 0.714. The van der Waals surface area contributed by atoms with Gasteiger partial charge in [0.15, 0.2) is 0 Å². The average molecular weight is 275 g/mol. The van der Waals surface area contributed by atoms with Gasteiger partial charge in [0.25, 0.3) is 0 Å². The van der Waals surface area contributed by atoms with Crippen molar-refractivity contribution in [2.24, 2.45) is 7.05 Å². The van der Waals surface area contributed by atoms with E-state index in [1.807, 2.05) is 17.8 Å². The van der Waals surface area contributed by atoms with Crippen molar-refractivity contribution in [3.05, 3.63) is 12.4 Å². The molecule has 20 heavy (non-hydrogen) atoms. The normalized spacial score (nSPS) is 25.7. The number of nitrogens with zero attached hydrogens (tertiary/aromatic N) is 4. The highest BCUT2D eigenvalue weighted by molar-refractivity contribution is 5.28. The highest BCUT2D eigenvalue weighted by atomic mass is 16.5. The van der Waals surface area contributed by atoms with E-state index in [1.165, 1.54) is 0 Å². The van der Waals surface area contributed by atoms with Crippen LogP contribution in [0.3, 0.4) is 0 Å². The molecule has 1 aromatic heterocycles. The Morgan fingerprint density at radius 3 is 3.00 bits per heavy atom. The van der Waals surface area contributed by atoms with Gasteiger partial charge in [0.05, 0.1) is 30.9 Å². The smallest absolute Gasteiger partial charge is 0.202 e. The lowest BCUT2D eigenvalue weighted by atomic mass is 9.87. The second-order valence-electron chi connectivity index (χ2n) is 5.84. The van der Waals surface area contributed by atoms with Crippen LogP contribution < -0.4 is 5.32 Å². The van der Waals surface area contributed by atoms with Gasteiger partial charge in [-0.3, -0.25) is 4.90 Å². The Kier molecular flexibility index (Phi) is 3.64. The van der Waals surface area contributed by atoms with Crippen LogP contribution in [0.2, 0.25) is 0 Å². The van der Waals surface area contributed by atoms with Gasteiger partial charge >= 0.3 is 0 Å². The Morgan fingerprint density at radius 2 is 2.35 bits per heavy atom. The molecule has 6 nitrogen and oxygen atoms in total. The number of anilines is 1. The predicted octanol–water partition coefficient (Wildman–Crippen LogP) is 0.979. The molecule has 6 heteroatoms. The minimum Gasteiger partial charge on any atom is -0.373 e. The molecular formula is C14H21N5O. The van der Waals surface area contributed by atoms with Crippen molar-refractivity contribution in [2.75, 3.05) is 31.6 Å². The van der Waals surface area contributed by atoms with Crippen LogP contribution in [-0.4, -0.2) is 52.3 Å². The fourth-order valence-electron chi connectivity index (χ4n) is 3.19. The molecule has 0 radical (unpaired) electrons. The van der Waals surface area contributed by atoms with Gasteiger partial charge in [-0.15, -0.1) is 0 Å². The Balaban J connectivity index is 1.55. The van der Waals surface area contributed by atoms with Crippen LogP contribution in [0, 0.1) is 11.3 Å². The van der Waals surface area contributed by atoms with Crippen molar-refractivity contribution in [3.8, 4) is 6.07 Å². The molecule has 108 valence electrons. The zero-order valence-corrected chi connectivity index (χ0v) is 11.9.